The summed E-state index contributed by atoms with van der Waals surface area (Å²) in [6, 6.07) is 11.7. The van der Waals surface area contributed by atoms with Gasteiger partial charge in [-0.1, -0.05) is 26.0 Å². The Balaban J connectivity index is 1.85. The maximum atomic E-state index is 12.6. The summed E-state index contributed by atoms with van der Waals surface area (Å²) in [7, 11) is -3.32. The molecule has 2 N–H and O–H groups in total. The van der Waals surface area contributed by atoms with Crippen LogP contribution in [0, 0.1) is 0 Å². The fourth-order valence-corrected chi connectivity index (χ4v) is 4.74. The molecule has 3 rings (SSSR count). The van der Waals surface area contributed by atoms with E-state index in [0.717, 1.165) is 12.0 Å². The van der Waals surface area contributed by atoms with Gasteiger partial charge in [0.1, 0.15) is 5.75 Å². The van der Waals surface area contributed by atoms with Crippen molar-refractivity contribution >= 4 is 27.3 Å². The summed E-state index contributed by atoms with van der Waals surface area (Å²) < 4.78 is 26.0. The van der Waals surface area contributed by atoms with Gasteiger partial charge in [-0.3, -0.25) is 9.10 Å². The van der Waals surface area contributed by atoms with Crippen LogP contribution in [-0.2, 0) is 10.0 Å². The maximum absolute atomic E-state index is 12.6. The summed E-state index contributed by atoms with van der Waals surface area (Å²) in [4.78, 5) is 12.6. The van der Waals surface area contributed by atoms with Crippen molar-refractivity contribution < 1.29 is 18.3 Å². The van der Waals surface area contributed by atoms with E-state index in [0.29, 0.717) is 24.3 Å². The van der Waals surface area contributed by atoms with Gasteiger partial charge in [0.05, 0.1) is 17.0 Å². The second-order valence-corrected chi connectivity index (χ2v) is 9.04. The van der Waals surface area contributed by atoms with E-state index in [9.17, 15) is 18.3 Å². The lowest BCUT2D eigenvalue weighted by Crippen LogP contribution is -2.37. The number of phenols is 1. The first-order valence-corrected chi connectivity index (χ1v) is 10.6. The highest BCUT2D eigenvalue weighted by Crippen LogP contribution is 2.28. The zero-order chi connectivity index (χ0) is 19.6. The molecule has 0 bridgehead atoms. The van der Waals surface area contributed by atoms with Crippen LogP contribution in [0.4, 0.5) is 11.4 Å². The lowest BCUT2D eigenvalue weighted by Gasteiger charge is -2.28. The van der Waals surface area contributed by atoms with Gasteiger partial charge in [-0.2, -0.15) is 0 Å². The lowest BCUT2D eigenvalue weighted by atomic mass is 10.00. The molecule has 1 aliphatic rings. The van der Waals surface area contributed by atoms with Gasteiger partial charge in [-0.05, 0) is 54.7 Å². The van der Waals surface area contributed by atoms with Crippen molar-refractivity contribution in [2.75, 3.05) is 21.9 Å². The fraction of sp³-hybridized carbons (Fsp3) is 0.350. The van der Waals surface area contributed by atoms with Crippen LogP contribution in [0.3, 0.4) is 0 Å². The molecule has 2 aromatic carbocycles. The van der Waals surface area contributed by atoms with E-state index in [-0.39, 0.29) is 23.0 Å². The van der Waals surface area contributed by atoms with Crippen LogP contribution >= 0.6 is 0 Å². The van der Waals surface area contributed by atoms with E-state index in [2.05, 4.69) is 5.32 Å². The molecule has 0 aliphatic carbocycles. The SMILES string of the molecule is CC(C)c1ccc(O)c(C(=O)Nc2cccc(N3CCCCS3(=O)=O)c2)c1. The molecule has 1 heterocycles. The number of phenolic OH excluding ortho intramolecular Hbond substituents is 1. The van der Waals surface area contributed by atoms with Crippen molar-refractivity contribution in [3.8, 4) is 5.75 Å². The highest BCUT2D eigenvalue weighted by Gasteiger charge is 2.26. The highest BCUT2D eigenvalue weighted by atomic mass is 32.2. The molecule has 0 unspecified atom stereocenters. The van der Waals surface area contributed by atoms with Crippen LogP contribution in [0.1, 0.15) is 48.5 Å². The van der Waals surface area contributed by atoms with Crippen LogP contribution < -0.4 is 9.62 Å². The topological polar surface area (TPSA) is 86.7 Å². The minimum absolute atomic E-state index is 0.0911. The molecular weight excluding hydrogens is 364 g/mol. The molecule has 1 amide bonds. The second-order valence-electron chi connectivity index (χ2n) is 7.03. The average molecular weight is 388 g/mol. The first kappa shape index (κ1) is 19.2. The highest BCUT2D eigenvalue weighted by molar-refractivity contribution is 7.92. The number of nitrogens with zero attached hydrogens (tertiary/aromatic N) is 1. The number of benzene rings is 2. The molecule has 0 spiro atoms. The molecular formula is C20H24N2O4S. The van der Waals surface area contributed by atoms with Gasteiger partial charge in [-0.25, -0.2) is 8.42 Å². The molecule has 0 atom stereocenters. The zero-order valence-electron chi connectivity index (χ0n) is 15.5. The van der Waals surface area contributed by atoms with Gasteiger partial charge < -0.3 is 10.4 Å². The Morgan fingerprint density at radius 1 is 1.15 bits per heavy atom. The minimum Gasteiger partial charge on any atom is -0.507 e. The van der Waals surface area contributed by atoms with Gasteiger partial charge in [0, 0.05) is 12.2 Å². The van der Waals surface area contributed by atoms with E-state index < -0.39 is 15.9 Å². The predicted octanol–water partition coefficient (Wildman–Crippen LogP) is 3.70. The largest absolute Gasteiger partial charge is 0.507 e. The number of anilines is 2. The lowest BCUT2D eigenvalue weighted by molar-refractivity contribution is 0.102. The first-order valence-electron chi connectivity index (χ1n) is 9.02. The number of carbonyl (C=O) groups excluding carboxylic acids is 1. The van der Waals surface area contributed by atoms with Crippen molar-refractivity contribution in [1.29, 1.82) is 0 Å². The molecule has 1 aliphatic heterocycles. The summed E-state index contributed by atoms with van der Waals surface area (Å²) in [5.41, 5.74) is 2.16. The molecule has 27 heavy (non-hydrogen) atoms. The number of hydrogen-bond acceptors (Lipinski definition) is 4. The molecule has 0 aromatic heterocycles. The van der Waals surface area contributed by atoms with E-state index in [1.165, 1.54) is 10.4 Å². The Bertz CT molecular complexity index is 954. The van der Waals surface area contributed by atoms with Crippen LogP contribution in [0.5, 0.6) is 5.75 Å². The molecule has 0 radical (unpaired) electrons. The van der Waals surface area contributed by atoms with E-state index in [1.807, 2.05) is 13.8 Å². The summed E-state index contributed by atoms with van der Waals surface area (Å²) in [5, 5.41) is 12.8. The first-order chi connectivity index (χ1) is 12.8. The molecule has 2 aromatic rings. The van der Waals surface area contributed by atoms with E-state index in [1.54, 1.807) is 36.4 Å². The quantitative estimate of drug-likeness (QED) is 0.836. The second kappa shape index (κ2) is 7.60. The third kappa shape index (κ3) is 4.24. The number of aromatic hydroxyl groups is 1. The molecule has 1 fully saturated rings. The monoisotopic (exact) mass is 388 g/mol. The normalized spacial score (nSPS) is 16.3. The number of rotatable bonds is 4. The third-order valence-electron chi connectivity index (χ3n) is 4.67. The van der Waals surface area contributed by atoms with Crippen molar-refractivity contribution in [3.05, 3.63) is 53.6 Å². The molecule has 7 heteroatoms. The van der Waals surface area contributed by atoms with Crippen LogP contribution in [-0.4, -0.2) is 31.7 Å². The summed E-state index contributed by atoms with van der Waals surface area (Å²) in [6.07, 6.45) is 1.48. The summed E-state index contributed by atoms with van der Waals surface area (Å²) >= 11 is 0. The van der Waals surface area contributed by atoms with Crippen molar-refractivity contribution in [3.63, 3.8) is 0 Å². The van der Waals surface area contributed by atoms with Crippen molar-refractivity contribution in [1.82, 2.24) is 0 Å². The van der Waals surface area contributed by atoms with Crippen LogP contribution in [0.2, 0.25) is 0 Å². The summed E-state index contributed by atoms with van der Waals surface area (Å²) in [5.74, 6) is -0.162. The Hall–Kier alpha value is -2.54. The van der Waals surface area contributed by atoms with Gasteiger partial charge >= 0.3 is 0 Å². The Morgan fingerprint density at radius 2 is 1.93 bits per heavy atom. The van der Waals surface area contributed by atoms with Gasteiger partial charge in [0.15, 0.2) is 0 Å². The van der Waals surface area contributed by atoms with Gasteiger partial charge in [0.25, 0.3) is 5.91 Å². The number of amides is 1. The Morgan fingerprint density at radius 3 is 2.63 bits per heavy atom. The minimum atomic E-state index is -3.32. The van der Waals surface area contributed by atoms with Gasteiger partial charge in [0.2, 0.25) is 10.0 Å². The molecule has 1 saturated heterocycles. The third-order valence-corrected chi connectivity index (χ3v) is 6.54. The maximum Gasteiger partial charge on any atom is 0.259 e. The number of nitrogens with one attached hydrogen (secondary N) is 1. The van der Waals surface area contributed by atoms with Crippen molar-refractivity contribution in [2.45, 2.75) is 32.6 Å². The fourth-order valence-electron chi connectivity index (χ4n) is 3.11. The predicted molar refractivity (Wildman–Crippen MR) is 107 cm³/mol. The number of sulfonamides is 1. The number of carbonyl (C=O) groups is 1. The van der Waals surface area contributed by atoms with Crippen molar-refractivity contribution in [2.24, 2.45) is 0 Å². The average Bonchev–Trinajstić information content (AvgIpc) is 2.61. The zero-order valence-corrected chi connectivity index (χ0v) is 16.3. The van der Waals surface area contributed by atoms with Gasteiger partial charge in [-0.15, -0.1) is 0 Å². The molecule has 0 saturated carbocycles. The Labute approximate surface area is 159 Å². The number of hydrogen-bond donors (Lipinski definition) is 2. The van der Waals surface area contributed by atoms with E-state index in [4.69, 9.17) is 0 Å². The summed E-state index contributed by atoms with van der Waals surface area (Å²) in [6.45, 7) is 4.46. The van der Waals surface area contributed by atoms with Crippen LogP contribution in [0.15, 0.2) is 42.5 Å². The van der Waals surface area contributed by atoms with E-state index >= 15 is 0 Å². The van der Waals surface area contributed by atoms with Crippen LogP contribution in [0.25, 0.3) is 0 Å². The Kier molecular flexibility index (Phi) is 5.41. The standard InChI is InChI=1S/C20H24N2O4S/c1-14(2)15-8-9-19(23)18(12-15)20(24)21-16-6-5-7-17(13-16)22-10-3-4-11-27(22,25)26/h5-9,12-14,23H,3-4,10-11H2,1-2H3,(H,21,24). The molecule has 6 nitrogen and oxygen atoms in total. The smallest absolute Gasteiger partial charge is 0.259 e. The molecule has 144 valence electrons.